The van der Waals surface area contributed by atoms with Gasteiger partial charge in [0.25, 0.3) is 5.56 Å². The third-order valence-corrected chi connectivity index (χ3v) is 4.06. The van der Waals surface area contributed by atoms with Gasteiger partial charge in [-0.05, 0) is 32.3 Å². The lowest BCUT2D eigenvalue weighted by molar-refractivity contribution is -0.121. The number of rotatable bonds is 3. The van der Waals surface area contributed by atoms with Crippen LogP contribution >= 0.6 is 0 Å². The second-order valence-electron chi connectivity index (χ2n) is 5.77. The van der Waals surface area contributed by atoms with Gasteiger partial charge in [0, 0.05) is 29.4 Å². The maximum atomic E-state index is 12.2. The van der Waals surface area contributed by atoms with Crippen molar-refractivity contribution < 1.29 is 4.79 Å². The number of amides is 1. The molecule has 2 aromatic rings. The van der Waals surface area contributed by atoms with Crippen LogP contribution in [0.4, 0.5) is 0 Å². The first kappa shape index (κ1) is 14.5. The molecule has 1 atom stereocenters. The molecule has 0 saturated carbocycles. The largest absolute Gasteiger partial charge is 0.353 e. The molecule has 3 N–H and O–H groups in total. The third kappa shape index (κ3) is 2.93. The molecular formula is C15H19N5O2. The van der Waals surface area contributed by atoms with E-state index in [4.69, 9.17) is 0 Å². The molecular weight excluding hydrogens is 282 g/mol. The highest BCUT2D eigenvalue weighted by Crippen LogP contribution is 2.18. The maximum absolute atomic E-state index is 12.2. The van der Waals surface area contributed by atoms with E-state index in [9.17, 15) is 9.59 Å². The van der Waals surface area contributed by atoms with Crippen molar-refractivity contribution in [3.8, 4) is 0 Å². The number of carbonyl (C=O) groups is 1. The average molecular weight is 301 g/mol. The number of hydrogen-bond acceptors (Lipinski definition) is 4. The van der Waals surface area contributed by atoms with E-state index >= 15 is 0 Å². The fourth-order valence-electron chi connectivity index (χ4n) is 2.93. The van der Waals surface area contributed by atoms with Crippen LogP contribution in [0.15, 0.2) is 11.0 Å². The van der Waals surface area contributed by atoms with E-state index < -0.39 is 0 Å². The first-order valence-electron chi connectivity index (χ1n) is 7.40. The first-order valence-corrected chi connectivity index (χ1v) is 7.40. The average Bonchev–Trinajstić information content (AvgIpc) is 2.90. The van der Waals surface area contributed by atoms with Crippen LogP contribution in [0, 0.1) is 13.8 Å². The van der Waals surface area contributed by atoms with Crippen LogP contribution in [0.1, 0.15) is 34.8 Å². The number of aromatic amines is 2. The smallest absolute Gasteiger partial charge is 0.254 e. The van der Waals surface area contributed by atoms with Gasteiger partial charge in [0.05, 0.1) is 12.6 Å². The van der Waals surface area contributed by atoms with Crippen LogP contribution in [-0.2, 0) is 24.1 Å². The molecule has 22 heavy (non-hydrogen) atoms. The van der Waals surface area contributed by atoms with Crippen molar-refractivity contribution in [2.24, 2.45) is 0 Å². The Bertz CT molecular complexity index is 762. The summed E-state index contributed by atoms with van der Waals surface area (Å²) in [6.45, 7) is 3.48. The van der Waals surface area contributed by atoms with E-state index in [0.717, 1.165) is 25.0 Å². The Labute approximate surface area is 127 Å². The zero-order valence-corrected chi connectivity index (χ0v) is 12.7. The minimum atomic E-state index is -0.236. The summed E-state index contributed by atoms with van der Waals surface area (Å²) < 4.78 is 0. The SMILES string of the molecule is Cc1nc(C)c(CC(=O)NC2CCc3cn[nH]c3C2)c(=O)[nH]1. The van der Waals surface area contributed by atoms with Gasteiger partial charge in [-0.3, -0.25) is 14.7 Å². The number of nitrogens with one attached hydrogen (secondary N) is 3. The van der Waals surface area contributed by atoms with E-state index in [1.165, 1.54) is 5.56 Å². The van der Waals surface area contributed by atoms with E-state index in [1.54, 1.807) is 13.8 Å². The third-order valence-electron chi connectivity index (χ3n) is 4.06. The molecule has 1 aliphatic carbocycles. The van der Waals surface area contributed by atoms with Gasteiger partial charge in [-0.1, -0.05) is 0 Å². The number of fused-ring (bicyclic) bond motifs is 1. The summed E-state index contributed by atoms with van der Waals surface area (Å²) in [5.41, 5.74) is 3.11. The van der Waals surface area contributed by atoms with Gasteiger partial charge in [-0.15, -0.1) is 0 Å². The van der Waals surface area contributed by atoms with Gasteiger partial charge >= 0.3 is 0 Å². The summed E-state index contributed by atoms with van der Waals surface area (Å²) >= 11 is 0. The highest BCUT2D eigenvalue weighted by molar-refractivity contribution is 5.79. The molecule has 0 fully saturated rings. The number of hydrogen-bond donors (Lipinski definition) is 3. The number of H-pyrrole nitrogens is 2. The quantitative estimate of drug-likeness (QED) is 0.759. The second kappa shape index (κ2) is 5.75. The topological polar surface area (TPSA) is 104 Å². The van der Waals surface area contributed by atoms with Gasteiger partial charge in [-0.25, -0.2) is 4.98 Å². The molecule has 0 aromatic carbocycles. The lowest BCUT2D eigenvalue weighted by Crippen LogP contribution is -2.40. The van der Waals surface area contributed by atoms with Crippen molar-refractivity contribution in [2.75, 3.05) is 0 Å². The van der Waals surface area contributed by atoms with Crippen LogP contribution in [-0.4, -0.2) is 32.1 Å². The first-order chi connectivity index (χ1) is 10.5. The Morgan fingerprint density at radius 1 is 1.45 bits per heavy atom. The normalized spacial score (nSPS) is 17.1. The maximum Gasteiger partial charge on any atom is 0.254 e. The predicted octanol–water partition coefficient (Wildman–Crippen LogP) is 0.326. The Morgan fingerprint density at radius 3 is 3.05 bits per heavy atom. The zero-order chi connectivity index (χ0) is 15.7. The number of aromatic nitrogens is 4. The van der Waals surface area contributed by atoms with Gasteiger partial charge in [0.2, 0.25) is 5.91 Å². The van der Waals surface area contributed by atoms with E-state index in [0.29, 0.717) is 17.1 Å². The van der Waals surface area contributed by atoms with Crippen LogP contribution < -0.4 is 10.9 Å². The zero-order valence-electron chi connectivity index (χ0n) is 12.7. The Morgan fingerprint density at radius 2 is 2.27 bits per heavy atom. The van der Waals surface area contributed by atoms with Crippen molar-refractivity contribution >= 4 is 5.91 Å². The van der Waals surface area contributed by atoms with Crippen molar-refractivity contribution in [3.63, 3.8) is 0 Å². The molecule has 0 bridgehead atoms. The molecule has 1 unspecified atom stereocenters. The van der Waals surface area contributed by atoms with Gasteiger partial charge in [0.1, 0.15) is 5.82 Å². The fourth-order valence-corrected chi connectivity index (χ4v) is 2.93. The monoisotopic (exact) mass is 301 g/mol. The van der Waals surface area contributed by atoms with Gasteiger partial charge in [-0.2, -0.15) is 5.10 Å². The van der Waals surface area contributed by atoms with Crippen molar-refractivity contribution in [3.05, 3.63) is 44.9 Å². The molecule has 2 heterocycles. The van der Waals surface area contributed by atoms with Crippen molar-refractivity contribution in [2.45, 2.75) is 45.6 Å². The predicted molar refractivity (Wildman–Crippen MR) is 80.6 cm³/mol. The molecule has 2 aromatic heterocycles. The second-order valence-corrected chi connectivity index (χ2v) is 5.77. The summed E-state index contributed by atoms with van der Waals surface area (Å²) in [7, 11) is 0. The lowest BCUT2D eigenvalue weighted by Gasteiger charge is -2.22. The molecule has 116 valence electrons. The Balaban J connectivity index is 1.66. The molecule has 3 rings (SSSR count). The minimum absolute atomic E-state index is 0.0563. The van der Waals surface area contributed by atoms with Crippen molar-refractivity contribution in [1.82, 2.24) is 25.5 Å². The molecule has 0 aliphatic heterocycles. The van der Waals surface area contributed by atoms with Crippen LogP contribution in [0.3, 0.4) is 0 Å². The van der Waals surface area contributed by atoms with E-state index in [2.05, 4.69) is 25.5 Å². The van der Waals surface area contributed by atoms with Crippen LogP contribution in [0.5, 0.6) is 0 Å². The molecule has 1 aliphatic rings. The Hall–Kier alpha value is -2.44. The molecule has 7 heteroatoms. The standard InChI is InChI=1S/C15H19N5O2/c1-8-12(15(22)18-9(2)17-8)6-14(21)19-11-4-3-10-7-16-20-13(10)5-11/h7,11H,3-6H2,1-2H3,(H,16,20)(H,19,21)(H,17,18,22). The summed E-state index contributed by atoms with van der Waals surface area (Å²) in [6.07, 6.45) is 4.44. The van der Waals surface area contributed by atoms with E-state index in [1.807, 2.05) is 6.20 Å². The van der Waals surface area contributed by atoms with Crippen LogP contribution in [0.2, 0.25) is 0 Å². The number of nitrogens with zero attached hydrogens (tertiary/aromatic N) is 2. The summed E-state index contributed by atoms with van der Waals surface area (Å²) in [5, 5.41) is 9.99. The van der Waals surface area contributed by atoms with Gasteiger partial charge in [0.15, 0.2) is 0 Å². The fraction of sp³-hybridized carbons (Fsp3) is 0.467. The summed E-state index contributed by atoms with van der Waals surface area (Å²) in [5.74, 6) is 0.415. The molecule has 0 radical (unpaired) electrons. The number of carbonyl (C=O) groups excluding carboxylic acids is 1. The minimum Gasteiger partial charge on any atom is -0.353 e. The number of aryl methyl sites for hydroxylation is 3. The Kier molecular flexibility index (Phi) is 3.79. The summed E-state index contributed by atoms with van der Waals surface area (Å²) in [4.78, 5) is 31.0. The van der Waals surface area contributed by atoms with Crippen molar-refractivity contribution in [1.29, 1.82) is 0 Å². The lowest BCUT2D eigenvalue weighted by atomic mass is 9.93. The summed E-state index contributed by atoms with van der Waals surface area (Å²) in [6, 6.07) is 0.0817. The van der Waals surface area contributed by atoms with E-state index in [-0.39, 0.29) is 23.9 Å². The van der Waals surface area contributed by atoms with Gasteiger partial charge < -0.3 is 10.3 Å². The van der Waals surface area contributed by atoms with Crippen LogP contribution in [0.25, 0.3) is 0 Å². The highest BCUT2D eigenvalue weighted by Gasteiger charge is 2.22. The highest BCUT2D eigenvalue weighted by atomic mass is 16.2. The molecule has 7 nitrogen and oxygen atoms in total. The molecule has 0 spiro atoms. The molecule has 1 amide bonds. The molecule has 0 saturated heterocycles.